The predicted molar refractivity (Wildman–Crippen MR) is 127 cm³/mol. The monoisotopic (exact) mass is 494 g/mol. The van der Waals surface area contributed by atoms with Gasteiger partial charge in [0.05, 0.1) is 20.3 Å². The summed E-state index contributed by atoms with van der Waals surface area (Å²) in [7, 11) is 1.51. The maximum Gasteiger partial charge on any atom is 0.356 e. The topological polar surface area (TPSA) is 140 Å². The number of ether oxygens (including phenoxy) is 2. The number of furan rings is 1. The van der Waals surface area contributed by atoms with Gasteiger partial charge in [-0.15, -0.1) is 0 Å². The van der Waals surface area contributed by atoms with Crippen LogP contribution in [0.25, 0.3) is 11.1 Å². The van der Waals surface area contributed by atoms with E-state index < -0.39 is 23.4 Å². The molecule has 0 saturated carbocycles. The van der Waals surface area contributed by atoms with Gasteiger partial charge in [-0.3, -0.25) is 14.9 Å². The number of aromatic nitrogens is 1. The maximum absolute atomic E-state index is 13.1. The quantitative estimate of drug-likeness (QED) is 0.394. The van der Waals surface area contributed by atoms with E-state index in [4.69, 9.17) is 13.9 Å². The fourth-order valence-corrected chi connectivity index (χ4v) is 4.19. The first kappa shape index (κ1) is 24.7. The van der Waals surface area contributed by atoms with Crippen LogP contribution in [-0.4, -0.2) is 54.0 Å². The number of nitrogens with zero attached hydrogens (tertiary/aromatic N) is 2. The number of amides is 4. The van der Waals surface area contributed by atoms with Crippen LogP contribution in [-0.2, 0) is 21.6 Å². The van der Waals surface area contributed by atoms with Gasteiger partial charge >= 0.3 is 12.0 Å². The van der Waals surface area contributed by atoms with Gasteiger partial charge in [-0.05, 0) is 36.8 Å². The molecule has 1 aromatic carbocycles. The van der Waals surface area contributed by atoms with Crippen molar-refractivity contribution in [2.75, 3.05) is 20.3 Å². The van der Waals surface area contributed by atoms with Crippen molar-refractivity contribution in [1.29, 1.82) is 0 Å². The summed E-state index contributed by atoms with van der Waals surface area (Å²) >= 11 is 0. The van der Waals surface area contributed by atoms with Crippen molar-refractivity contribution in [3.05, 3.63) is 59.0 Å². The number of esters is 1. The summed E-state index contributed by atoms with van der Waals surface area (Å²) in [6.45, 7) is 5.95. The van der Waals surface area contributed by atoms with E-state index in [-0.39, 0.29) is 37.1 Å². The lowest BCUT2D eigenvalue weighted by atomic mass is 9.95. The van der Waals surface area contributed by atoms with Crippen molar-refractivity contribution in [3.8, 4) is 5.75 Å². The molecule has 1 saturated heterocycles. The van der Waals surface area contributed by atoms with Crippen LogP contribution in [0.1, 0.15) is 52.9 Å². The Morgan fingerprint density at radius 2 is 1.94 bits per heavy atom. The van der Waals surface area contributed by atoms with Crippen molar-refractivity contribution in [1.82, 2.24) is 20.5 Å². The lowest BCUT2D eigenvalue weighted by Gasteiger charge is -2.28. The van der Waals surface area contributed by atoms with Gasteiger partial charge in [-0.25, -0.2) is 14.6 Å². The Labute approximate surface area is 206 Å². The van der Waals surface area contributed by atoms with Crippen molar-refractivity contribution < 1.29 is 33.1 Å². The van der Waals surface area contributed by atoms with Gasteiger partial charge in [0.15, 0.2) is 11.1 Å². The number of methoxy groups -OCH3 is 1. The number of rotatable bonds is 6. The SMILES string of the molecule is CC.CCOC(=O)c1ccc2oc([C@]3(CN4Cc5ccc(OC)cc5C4=O)NC(=O)NC3=O)cc2n1. The average molecular weight is 495 g/mol. The maximum atomic E-state index is 13.1. The standard InChI is InChI=1S/C23H20N4O7.C2H6/c1-3-33-20(29)15-6-7-17-16(24-15)9-18(34-17)23(21(30)25-22(31)26-23)11-27-10-12-4-5-13(32-2)8-14(12)19(27)28;1-2/h4-9H,3,10-11H2,1-2H3,(H2,25,26,30,31);1-2H3/t23-;/m0./s1. The molecule has 0 aliphatic carbocycles. The van der Waals surface area contributed by atoms with Crippen molar-refractivity contribution in [3.63, 3.8) is 0 Å². The first-order valence-electron chi connectivity index (χ1n) is 11.5. The van der Waals surface area contributed by atoms with Gasteiger partial charge in [-0.1, -0.05) is 19.9 Å². The van der Waals surface area contributed by atoms with Crippen LogP contribution >= 0.6 is 0 Å². The van der Waals surface area contributed by atoms with Crippen molar-refractivity contribution >= 4 is 34.9 Å². The zero-order chi connectivity index (χ0) is 26.0. The third-order valence-corrected chi connectivity index (χ3v) is 5.84. The number of hydrogen-bond acceptors (Lipinski definition) is 8. The molecule has 5 rings (SSSR count). The van der Waals surface area contributed by atoms with Crippen molar-refractivity contribution in [2.24, 2.45) is 0 Å². The minimum Gasteiger partial charge on any atom is -0.497 e. The molecule has 0 radical (unpaired) electrons. The smallest absolute Gasteiger partial charge is 0.356 e. The molecule has 4 heterocycles. The molecule has 4 amide bonds. The zero-order valence-corrected chi connectivity index (χ0v) is 20.3. The highest BCUT2D eigenvalue weighted by Crippen LogP contribution is 2.34. The highest BCUT2D eigenvalue weighted by Gasteiger charge is 2.53. The predicted octanol–water partition coefficient (Wildman–Crippen LogP) is 2.73. The number of urea groups is 1. The lowest BCUT2D eigenvalue weighted by Crippen LogP contribution is -2.52. The first-order valence-corrected chi connectivity index (χ1v) is 11.5. The minimum atomic E-state index is -1.68. The fraction of sp³-hybridized carbons (Fsp3) is 0.320. The molecule has 11 heteroatoms. The van der Waals surface area contributed by atoms with Gasteiger partial charge in [0.1, 0.15) is 22.7 Å². The molecule has 3 aromatic rings. The number of fused-ring (bicyclic) bond motifs is 2. The Kier molecular flexibility index (Phi) is 6.65. The minimum absolute atomic E-state index is 0.0785. The Morgan fingerprint density at radius 3 is 2.61 bits per heavy atom. The van der Waals surface area contributed by atoms with Crippen LogP contribution in [0.5, 0.6) is 5.75 Å². The summed E-state index contributed by atoms with van der Waals surface area (Å²) in [5.41, 5.74) is 0.242. The van der Waals surface area contributed by atoms with E-state index in [0.717, 1.165) is 5.56 Å². The number of benzene rings is 1. The van der Waals surface area contributed by atoms with Gasteiger partial charge in [0.25, 0.3) is 11.8 Å². The Bertz CT molecular complexity index is 1370. The molecule has 1 fully saturated rings. The summed E-state index contributed by atoms with van der Waals surface area (Å²) in [4.78, 5) is 56.0. The Hall–Kier alpha value is -4.41. The molecule has 188 valence electrons. The average Bonchev–Trinajstić information content (AvgIpc) is 3.53. The largest absolute Gasteiger partial charge is 0.497 e. The number of carbonyl (C=O) groups is 4. The van der Waals surface area contributed by atoms with Crippen molar-refractivity contribution in [2.45, 2.75) is 32.9 Å². The van der Waals surface area contributed by atoms with Gasteiger partial charge < -0.3 is 24.1 Å². The number of nitrogens with one attached hydrogen (secondary N) is 2. The first-order chi connectivity index (χ1) is 17.3. The van der Waals surface area contributed by atoms with E-state index in [1.54, 1.807) is 25.1 Å². The molecular formula is C25H26N4O7. The Balaban J connectivity index is 0.00000148. The zero-order valence-electron chi connectivity index (χ0n) is 20.3. The van der Waals surface area contributed by atoms with Crippen LogP contribution in [0.2, 0.25) is 0 Å². The summed E-state index contributed by atoms with van der Waals surface area (Å²) in [6.07, 6.45) is 0. The van der Waals surface area contributed by atoms with E-state index in [9.17, 15) is 19.2 Å². The summed E-state index contributed by atoms with van der Waals surface area (Å²) in [5.74, 6) is -0.939. The highest BCUT2D eigenvalue weighted by atomic mass is 16.5. The van der Waals surface area contributed by atoms with E-state index >= 15 is 0 Å². The second-order valence-corrected chi connectivity index (χ2v) is 7.91. The van der Waals surface area contributed by atoms with Crippen LogP contribution < -0.4 is 15.4 Å². The number of hydrogen-bond donors (Lipinski definition) is 2. The normalized spacial score (nSPS) is 18.3. The third kappa shape index (κ3) is 4.12. The highest BCUT2D eigenvalue weighted by molar-refractivity contribution is 6.08. The molecule has 1 atom stereocenters. The number of imide groups is 1. The molecule has 2 N–H and O–H groups in total. The van der Waals surface area contributed by atoms with E-state index in [0.29, 0.717) is 22.4 Å². The lowest BCUT2D eigenvalue weighted by molar-refractivity contribution is -0.125. The molecule has 2 aliphatic rings. The van der Waals surface area contributed by atoms with Gasteiger partial charge in [0, 0.05) is 18.2 Å². The Morgan fingerprint density at radius 1 is 1.17 bits per heavy atom. The van der Waals surface area contributed by atoms with E-state index in [1.807, 2.05) is 13.8 Å². The van der Waals surface area contributed by atoms with E-state index in [2.05, 4.69) is 15.6 Å². The molecule has 2 aliphatic heterocycles. The molecule has 0 bridgehead atoms. The molecular weight excluding hydrogens is 468 g/mol. The summed E-state index contributed by atoms with van der Waals surface area (Å²) in [6, 6.07) is 8.91. The second-order valence-electron chi connectivity index (χ2n) is 7.91. The number of carbonyl (C=O) groups excluding carboxylic acids is 4. The van der Waals surface area contributed by atoms with Crippen LogP contribution in [0.3, 0.4) is 0 Å². The molecule has 11 nitrogen and oxygen atoms in total. The fourth-order valence-electron chi connectivity index (χ4n) is 4.19. The van der Waals surface area contributed by atoms with E-state index in [1.165, 1.54) is 30.2 Å². The van der Waals surface area contributed by atoms with Gasteiger partial charge in [0.2, 0.25) is 0 Å². The second kappa shape index (κ2) is 9.68. The molecule has 36 heavy (non-hydrogen) atoms. The van der Waals surface area contributed by atoms with Gasteiger partial charge in [-0.2, -0.15) is 0 Å². The van der Waals surface area contributed by atoms with Crippen LogP contribution in [0, 0.1) is 0 Å². The van der Waals surface area contributed by atoms with Crippen LogP contribution in [0.15, 0.2) is 40.8 Å². The molecule has 0 spiro atoms. The number of pyridine rings is 1. The summed E-state index contributed by atoms with van der Waals surface area (Å²) < 4.78 is 16.1. The molecule has 2 aromatic heterocycles. The third-order valence-electron chi connectivity index (χ3n) is 5.84. The molecule has 0 unspecified atom stereocenters. The van der Waals surface area contributed by atoms with Crippen LogP contribution in [0.4, 0.5) is 4.79 Å². The summed E-state index contributed by atoms with van der Waals surface area (Å²) in [5, 5.41) is 4.84.